The lowest BCUT2D eigenvalue weighted by atomic mass is 9.98. The lowest BCUT2D eigenvalue weighted by molar-refractivity contribution is 0.157. The molecule has 18 heavy (non-hydrogen) atoms. The molecule has 2 N–H and O–H groups in total. The minimum absolute atomic E-state index is 0.642. The summed E-state index contributed by atoms with van der Waals surface area (Å²) in [5.41, 5.74) is 6.41. The zero-order valence-corrected chi connectivity index (χ0v) is 11.2. The van der Waals surface area contributed by atoms with Crippen LogP contribution in [0, 0.1) is 5.92 Å². The first-order valence-corrected chi connectivity index (χ1v) is 6.44. The van der Waals surface area contributed by atoms with Crippen LogP contribution in [0.25, 0.3) is 0 Å². The molecule has 1 aromatic rings. The Labute approximate surface area is 109 Å². The maximum Gasteiger partial charge on any atom is 0.162 e. The molecule has 2 rings (SSSR count). The molecule has 1 saturated heterocycles. The SMILES string of the molecule is COc1cc(N)ccc1OCC1CCN(C)CC1. The van der Waals surface area contributed by atoms with Crippen LogP contribution in [0.3, 0.4) is 0 Å². The highest BCUT2D eigenvalue weighted by atomic mass is 16.5. The van der Waals surface area contributed by atoms with Crippen molar-refractivity contribution in [3.05, 3.63) is 18.2 Å². The van der Waals surface area contributed by atoms with Gasteiger partial charge in [0.05, 0.1) is 13.7 Å². The summed E-state index contributed by atoms with van der Waals surface area (Å²) in [6, 6.07) is 5.51. The number of anilines is 1. The van der Waals surface area contributed by atoms with E-state index in [0.717, 1.165) is 25.4 Å². The summed E-state index contributed by atoms with van der Waals surface area (Å²) in [4.78, 5) is 2.36. The summed E-state index contributed by atoms with van der Waals surface area (Å²) < 4.78 is 11.1. The Morgan fingerprint density at radius 3 is 2.67 bits per heavy atom. The van der Waals surface area contributed by atoms with E-state index in [0.29, 0.717) is 17.4 Å². The first kappa shape index (κ1) is 13.0. The Hall–Kier alpha value is -1.42. The average Bonchev–Trinajstić information content (AvgIpc) is 2.39. The molecule has 1 aliphatic rings. The molecule has 0 saturated carbocycles. The quantitative estimate of drug-likeness (QED) is 0.830. The van der Waals surface area contributed by atoms with Gasteiger partial charge in [-0.3, -0.25) is 0 Å². The maximum absolute atomic E-state index is 5.86. The van der Waals surface area contributed by atoms with E-state index in [2.05, 4.69) is 11.9 Å². The lowest BCUT2D eigenvalue weighted by Crippen LogP contribution is -2.32. The second kappa shape index (κ2) is 5.96. The van der Waals surface area contributed by atoms with Crippen LogP contribution in [0.4, 0.5) is 5.69 Å². The Bertz CT molecular complexity index is 387. The van der Waals surface area contributed by atoms with Gasteiger partial charge in [-0.1, -0.05) is 0 Å². The molecule has 0 amide bonds. The molecule has 4 heteroatoms. The molecular formula is C14H22N2O2. The summed E-state index contributed by atoms with van der Waals surface area (Å²) in [5.74, 6) is 2.14. The topological polar surface area (TPSA) is 47.7 Å². The van der Waals surface area contributed by atoms with Crippen molar-refractivity contribution in [2.75, 3.05) is 39.6 Å². The van der Waals surface area contributed by atoms with Crippen LogP contribution >= 0.6 is 0 Å². The zero-order chi connectivity index (χ0) is 13.0. The van der Waals surface area contributed by atoms with E-state index >= 15 is 0 Å². The molecule has 0 unspecified atom stereocenters. The summed E-state index contributed by atoms with van der Waals surface area (Å²) in [6.45, 7) is 3.08. The number of nitrogen functional groups attached to an aromatic ring is 1. The summed E-state index contributed by atoms with van der Waals surface area (Å²) in [6.07, 6.45) is 2.40. The fourth-order valence-corrected chi connectivity index (χ4v) is 2.24. The van der Waals surface area contributed by atoms with Crippen molar-refractivity contribution in [3.63, 3.8) is 0 Å². The number of nitrogens with zero attached hydrogens (tertiary/aromatic N) is 1. The molecule has 1 heterocycles. The van der Waals surface area contributed by atoms with Crippen LogP contribution in [-0.4, -0.2) is 38.8 Å². The number of methoxy groups -OCH3 is 1. The van der Waals surface area contributed by atoms with Gasteiger partial charge in [0.25, 0.3) is 0 Å². The number of benzene rings is 1. The van der Waals surface area contributed by atoms with Crippen molar-refractivity contribution in [3.8, 4) is 11.5 Å². The van der Waals surface area contributed by atoms with Crippen molar-refractivity contribution in [1.29, 1.82) is 0 Å². The third-order valence-electron chi connectivity index (χ3n) is 3.50. The van der Waals surface area contributed by atoms with Gasteiger partial charge in [-0.15, -0.1) is 0 Å². The average molecular weight is 250 g/mol. The predicted molar refractivity (Wildman–Crippen MR) is 73.1 cm³/mol. The van der Waals surface area contributed by atoms with Gasteiger partial charge >= 0.3 is 0 Å². The maximum atomic E-state index is 5.86. The zero-order valence-electron chi connectivity index (χ0n) is 11.2. The third-order valence-corrected chi connectivity index (χ3v) is 3.50. The number of likely N-dealkylation sites (tertiary alicyclic amines) is 1. The van der Waals surface area contributed by atoms with Crippen molar-refractivity contribution in [2.45, 2.75) is 12.8 Å². The monoisotopic (exact) mass is 250 g/mol. The number of rotatable bonds is 4. The molecule has 4 nitrogen and oxygen atoms in total. The van der Waals surface area contributed by atoms with E-state index in [1.807, 2.05) is 12.1 Å². The Balaban J connectivity index is 1.90. The van der Waals surface area contributed by atoms with Gasteiger partial charge in [0.15, 0.2) is 11.5 Å². The van der Waals surface area contributed by atoms with Crippen LogP contribution in [0.15, 0.2) is 18.2 Å². The van der Waals surface area contributed by atoms with Gasteiger partial charge in [0, 0.05) is 11.8 Å². The van der Waals surface area contributed by atoms with E-state index < -0.39 is 0 Å². The highest BCUT2D eigenvalue weighted by Crippen LogP contribution is 2.30. The second-order valence-electron chi connectivity index (χ2n) is 4.97. The smallest absolute Gasteiger partial charge is 0.162 e. The van der Waals surface area contributed by atoms with Crippen LogP contribution in [0.1, 0.15) is 12.8 Å². The van der Waals surface area contributed by atoms with Crippen LogP contribution in [-0.2, 0) is 0 Å². The molecular weight excluding hydrogens is 228 g/mol. The Kier molecular flexibility index (Phi) is 4.31. The predicted octanol–water partition coefficient (Wildman–Crippen LogP) is 2.00. The van der Waals surface area contributed by atoms with Crippen LogP contribution in [0.5, 0.6) is 11.5 Å². The highest BCUT2D eigenvalue weighted by molar-refractivity contribution is 5.51. The van der Waals surface area contributed by atoms with E-state index in [4.69, 9.17) is 15.2 Å². The summed E-state index contributed by atoms with van der Waals surface area (Å²) >= 11 is 0. The van der Waals surface area contributed by atoms with Gasteiger partial charge in [-0.05, 0) is 51.0 Å². The highest BCUT2D eigenvalue weighted by Gasteiger charge is 2.17. The molecule has 0 aromatic heterocycles. The number of hydrogen-bond donors (Lipinski definition) is 1. The van der Waals surface area contributed by atoms with Crippen LogP contribution < -0.4 is 15.2 Å². The first-order chi connectivity index (χ1) is 8.69. The minimum atomic E-state index is 0.642. The molecule has 1 fully saturated rings. The largest absolute Gasteiger partial charge is 0.493 e. The Morgan fingerprint density at radius 2 is 2.00 bits per heavy atom. The molecule has 0 spiro atoms. The van der Waals surface area contributed by atoms with Gasteiger partial charge in [-0.2, -0.15) is 0 Å². The van der Waals surface area contributed by atoms with E-state index in [1.54, 1.807) is 13.2 Å². The van der Waals surface area contributed by atoms with Crippen molar-refractivity contribution in [1.82, 2.24) is 4.90 Å². The second-order valence-corrected chi connectivity index (χ2v) is 4.97. The molecule has 0 bridgehead atoms. The number of nitrogens with two attached hydrogens (primary N) is 1. The van der Waals surface area contributed by atoms with E-state index in [9.17, 15) is 0 Å². The van der Waals surface area contributed by atoms with Gasteiger partial charge in [-0.25, -0.2) is 0 Å². The first-order valence-electron chi connectivity index (χ1n) is 6.44. The summed E-state index contributed by atoms with van der Waals surface area (Å²) in [5, 5.41) is 0. The van der Waals surface area contributed by atoms with Crippen molar-refractivity contribution in [2.24, 2.45) is 5.92 Å². The van der Waals surface area contributed by atoms with E-state index in [-0.39, 0.29) is 0 Å². The molecule has 100 valence electrons. The molecule has 0 aliphatic carbocycles. The number of piperidine rings is 1. The summed E-state index contributed by atoms with van der Waals surface area (Å²) in [7, 11) is 3.80. The van der Waals surface area contributed by atoms with Crippen LogP contribution in [0.2, 0.25) is 0 Å². The Morgan fingerprint density at radius 1 is 1.28 bits per heavy atom. The molecule has 0 radical (unpaired) electrons. The molecule has 1 aromatic carbocycles. The third kappa shape index (κ3) is 3.29. The fourth-order valence-electron chi connectivity index (χ4n) is 2.24. The standard InChI is InChI=1S/C14H22N2O2/c1-16-7-5-11(6-8-16)10-18-13-4-3-12(15)9-14(13)17-2/h3-4,9,11H,5-8,10,15H2,1-2H3. The fraction of sp³-hybridized carbons (Fsp3) is 0.571. The van der Waals surface area contributed by atoms with Gasteiger partial charge in [0.2, 0.25) is 0 Å². The normalized spacial score (nSPS) is 17.7. The van der Waals surface area contributed by atoms with Crippen molar-refractivity contribution < 1.29 is 9.47 Å². The van der Waals surface area contributed by atoms with Gasteiger partial charge < -0.3 is 20.1 Å². The molecule has 0 atom stereocenters. The lowest BCUT2D eigenvalue weighted by Gasteiger charge is -2.28. The molecule has 1 aliphatic heterocycles. The number of ether oxygens (including phenoxy) is 2. The van der Waals surface area contributed by atoms with E-state index in [1.165, 1.54) is 12.8 Å². The van der Waals surface area contributed by atoms with Gasteiger partial charge in [0.1, 0.15) is 0 Å². The number of hydrogen-bond acceptors (Lipinski definition) is 4. The minimum Gasteiger partial charge on any atom is -0.493 e. The van der Waals surface area contributed by atoms with Crippen molar-refractivity contribution >= 4 is 5.69 Å².